The molecular weight excluding hydrogens is 593 g/mol. The zero-order valence-corrected chi connectivity index (χ0v) is 25.1. The van der Waals surface area contributed by atoms with E-state index in [9.17, 15) is 30.8 Å². The fraction of sp³-hybridized carbons (Fsp3) is 0.519. The molecule has 0 aromatic heterocycles. The molecule has 1 atom stereocenters. The van der Waals surface area contributed by atoms with Crippen molar-refractivity contribution in [3.63, 3.8) is 0 Å². The number of carbonyl (C=O) groups excluding carboxylic acids is 1. The molecule has 3 rings (SSSR count). The second-order valence-corrected chi connectivity index (χ2v) is 13.4. The first-order valence-electron chi connectivity index (χ1n) is 12.7. The van der Waals surface area contributed by atoms with E-state index in [1.165, 1.54) is 22.5 Å². The lowest BCUT2D eigenvalue weighted by Crippen LogP contribution is -2.48. The van der Waals surface area contributed by atoms with Crippen molar-refractivity contribution < 1.29 is 30.8 Å². The van der Waals surface area contributed by atoms with Crippen molar-refractivity contribution in [1.82, 2.24) is 14.1 Å². The molecule has 1 unspecified atom stereocenters. The largest absolute Gasteiger partial charge is 0.419 e. The molecule has 1 heterocycles. The second kappa shape index (κ2) is 12.5. The number of piperidine rings is 1. The molecule has 0 bridgehead atoms. The van der Waals surface area contributed by atoms with Gasteiger partial charge in [0.2, 0.25) is 15.9 Å². The zero-order valence-electron chi connectivity index (χ0n) is 22.7. The number of amides is 1. The van der Waals surface area contributed by atoms with Crippen LogP contribution < -0.4 is 0 Å². The maximum atomic E-state index is 14.2. The van der Waals surface area contributed by atoms with Crippen molar-refractivity contribution in [2.45, 2.75) is 50.4 Å². The fourth-order valence-corrected chi connectivity index (χ4v) is 6.08. The lowest BCUT2D eigenvalue weighted by Gasteiger charge is -2.38. The van der Waals surface area contributed by atoms with Crippen LogP contribution in [0.3, 0.4) is 0 Å². The first kappa shape index (κ1) is 32.6. The average Bonchev–Trinajstić information content (AvgIpc) is 2.87. The molecule has 0 N–H and O–H groups in total. The number of alkyl halides is 3. The van der Waals surface area contributed by atoms with E-state index in [4.69, 9.17) is 23.2 Å². The molecule has 1 fully saturated rings. The minimum Gasteiger partial charge on any atom is -0.341 e. The molecule has 0 aliphatic carbocycles. The summed E-state index contributed by atoms with van der Waals surface area (Å²) in [5.74, 6) is -1.72. The third kappa shape index (κ3) is 7.67. The number of likely N-dealkylation sites (N-methyl/N-ethyl adjacent to an activating group) is 1. The highest BCUT2D eigenvalue weighted by Crippen LogP contribution is 2.36. The second-order valence-electron chi connectivity index (χ2n) is 10.5. The number of hydrogen-bond acceptors (Lipinski definition) is 4. The Hall–Kier alpha value is -1.92. The molecule has 1 aliphatic heterocycles. The van der Waals surface area contributed by atoms with Gasteiger partial charge in [0.05, 0.1) is 27.3 Å². The number of hydrogen-bond donors (Lipinski definition) is 0. The van der Waals surface area contributed by atoms with Gasteiger partial charge in [-0.25, -0.2) is 17.1 Å². The monoisotopic (exact) mass is 625 g/mol. The molecule has 2 aromatic rings. The fourth-order valence-electron chi connectivity index (χ4n) is 5.03. The van der Waals surface area contributed by atoms with Crippen LogP contribution in [0.15, 0.2) is 36.4 Å². The van der Waals surface area contributed by atoms with Gasteiger partial charge >= 0.3 is 6.18 Å². The van der Waals surface area contributed by atoms with Gasteiger partial charge in [-0.15, -0.1) is 0 Å². The average molecular weight is 627 g/mol. The molecule has 1 amide bonds. The summed E-state index contributed by atoms with van der Waals surface area (Å²) in [5.41, 5.74) is -1.62. The normalized spacial score (nSPS) is 17.2. The van der Waals surface area contributed by atoms with Gasteiger partial charge in [0.25, 0.3) is 0 Å². The quantitative estimate of drug-likeness (QED) is 0.330. The summed E-state index contributed by atoms with van der Waals surface area (Å²) in [4.78, 5) is 17.4. The van der Waals surface area contributed by atoms with Gasteiger partial charge in [-0.05, 0) is 81.2 Å². The number of benzene rings is 2. The lowest BCUT2D eigenvalue weighted by atomic mass is 9.77. The van der Waals surface area contributed by atoms with Crippen molar-refractivity contribution >= 4 is 39.1 Å². The van der Waals surface area contributed by atoms with Gasteiger partial charge in [0.1, 0.15) is 5.82 Å². The van der Waals surface area contributed by atoms with Crippen LogP contribution in [-0.4, -0.2) is 74.5 Å². The molecule has 1 saturated heterocycles. The zero-order chi connectivity index (χ0) is 30.0. The van der Waals surface area contributed by atoms with E-state index < -0.39 is 33.0 Å². The molecule has 6 nitrogen and oxygen atoms in total. The number of halogens is 6. The SMILES string of the molecule is CN(Cc1ccc(C(F)(F)F)c(F)c1)C(=O)C(C)(CCN1CCC(N(C)S(C)(=O)=O)CC1)c1ccc(Cl)c(Cl)c1. The lowest BCUT2D eigenvalue weighted by molar-refractivity contribution is -0.140. The minimum absolute atomic E-state index is 0.0930. The molecule has 1 aliphatic rings. The van der Waals surface area contributed by atoms with E-state index in [0.717, 1.165) is 12.1 Å². The Bertz CT molecular complexity index is 1330. The van der Waals surface area contributed by atoms with Crippen molar-refractivity contribution in [3.8, 4) is 0 Å². The highest BCUT2D eigenvalue weighted by Gasteiger charge is 2.39. The van der Waals surface area contributed by atoms with Crippen LogP contribution in [0.1, 0.15) is 42.9 Å². The predicted octanol–water partition coefficient (Wildman–Crippen LogP) is 5.81. The highest BCUT2D eigenvalue weighted by molar-refractivity contribution is 7.88. The van der Waals surface area contributed by atoms with Crippen molar-refractivity contribution in [1.29, 1.82) is 0 Å². The Kier molecular flexibility index (Phi) is 10.2. The Morgan fingerprint density at radius 3 is 2.20 bits per heavy atom. The van der Waals surface area contributed by atoms with Gasteiger partial charge in [-0.2, -0.15) is 13.2 Å². The van der Waals surface area contributed by atoms with Gasteiger partial charge < -0.3 is 9.80 Å². The van der Waals surface area contributed by atoms with Crippen molar-refractivity contribution in [2.24, 2.45) is 0 Å². The summed E-state index contributed by atoms with van der Waals surface area (Å²) < 4.78 is 78.3. The predicted molar refractivity (Wildman–Crippen MR) is 148 cm³/mol. The van der Waals surface area contributed by atoms with Gasteiger partial charge in [-0.1, -0.05) is 35.3 Å². The maximum absolute atomic E-state index is 14.2. The van der Waals surface area contributed by atoms with Crippen LogP contribution >= 0.6 is 23.2 Å². The summed E-state index contributed by atoms with van der Waals surface area (Å²) >= 11 is 12.4. The summed E-state index contributed by atoms with van der Waals surface area (Å²) in [6.07, 6.45) is -1.95. The highest BCUT2D eigenvalue weighted by atomic mass is 35.5. The molecule has 40 heavy (non-hydrogen) atoms. The third-order valence-corrected chi connectivity index (χ3v) is 9.74. The van der Waals surface area contributed by atoms with Crippen molar-refractivity contribution in [2.75, 3.05) is 40.0 Å². The summed E-state index contributed by atoms with van der Waals surface area (Å²) in [7, 11) is -0.205. The number of likely N-dealkylation sites (tertiary alicyclic amines) is 1. The summed E-state index contributed by atoms with van der Waals surface area (Å²) in [5, 5.41) is 0.598. The molecule has 0 saturated carbocycles. The molecule has 222 valence electrons. The molecule has 0 radical (unpaired) electrons. The van der Waals surface area contributed by atoms with Crippen LogP contribution in [0.25, 0.3) is 0 Å². The molecule has 2 aromatic carbocycles. The summed E-state index contributed by atoms with van der Waals surface area (Å²) in [6, 6.07) is 7.47. The first-order valence-corrected chi connectivity index (χ1v) is 15.3. The smallest absolute Gasteiger partial charge is 0.341 e. The minimum atomic E-state index is -4.81. The van der Waals surface area contributed by atoms with Gasteiger partial charge in [0, 0.05) is 26.7 Å². The van der Waals surface area contributed by atoms with Crippen LogP contribution in [0.5, 0.6) is 0 Å². The van der Waals surface area contributed by atoms with Crippen LogP contribution in [0, 0.1) is 5.82 Å². The summed E-state index contributed by atoms with van der Waals surface area (Å²) in [6.45, 7) is 3.49. The standard InChI is InChI=1S/C27H33Cl2F4N3O3S/c1-26(19-6-8-22(28)23(29)16-19,11-14-36-12-9-20(10-13-36)35(3)40(4,38)39)25(37)34(2)17-18-5-7-21(24(30)15-18)27(31,32)33/h5-8,15-16,20H,9-14,17H2,1-4H3. The van der Waals surface area contributed by atoms with Crippen LogP contribution in [-0.2, 0) is 33.0 Å². The Balaban J connectivity index is 1.79. The van der Waals surface area contributed by atoms with E-state index in [0.29, 0.717) is 55.5 Å². The number of sulfonamides is 1. The Labute approximate surface area is 242 Å². The third-order valence-electron chi connectivity index (χ3n) is 7.66. The molecule has 0 spiro atoms. The van der Waals surface area contributed by atoms with Crippen molar-refractivity contribution in [3.05, 3.63) is 69.0 Å². The number of rotatable bonds is 9. The van der Waals surface area contributed by atoms with E-state index in [-0.39, 0.29) is 29.1 Å². The number of carbonyl (C=O) groups is 1. The Morgan fingerprint density at radius 2 is 1.68 bits per heavy atom. The van der Waals surface area contributed by atoms with Gasteiger partial charge in [-0.3, -0.25) is 4.79 Å². The Morgan fingerprint density at radius 1 is 1.05 bits per heavy atom. The molecular formula is C27H33Cl2F4N3O3S. The van der Waals surface area contributed by atoms with E-state index in [2.05, 4.69) is 4.90 Å². The van der Waals surface area contributed by atoms with Crippen LogP contribution in [0.2, 0.25) is 10.0 Å². The first-order chi connectivity index (χ1) is 18.4. The van der Waals surface area contributed by atoms with E-state index in [1.54, 1.807) is 32.2 Å². The van der Waals surface area contributed by atoms with Crippen LogP contribution in [0.4, 0.5) is 17.6 Å². The topological polar surface area (TPSA) is 60.9 Å². The van der Waals surface area contributed by atoms with E-state index in [1.807, 2.05) is 0 Å². The van der Waals surface area contributed by atoms with E-state index >= 15 is 0 Å². The maximum Gasteiger partial charge on any atom is 0.419 e. The van der Waals surface area contributed by atoms with Gasteiger partial charge in [0.15, 0.2) is 0 Å². The number of nitrogens with zero attached hydrogens (tertiary/aromatic N) is 3. The molecule has 13 heteroatoms.